The zero-order valence-corrected chi connectivity index (χ0v) is 14.3. The summed E-state index contributed by atoms with van der Waals surface area (Å²) >= 11 is 6.34. The minimum atomic E-state index is -0.651. The van der Waals surface area contributed by atoms with E-state index < -0.39 is 12.1 Å². The van der Waals surface area contributed by atoms with Crippen LogP contribution in [0, 0.1) is 0 Å². The second kappa shape index (κ2) is 5.49. The van der Waals surface area contributed by atoms with Gasteiger partial charge in [-0.2, -0.15) is 0 Å². The SMILES string of the molecule is CC(=O)N1C[C@H](O)C[C@@H]1C(=O)N1CC(C)(C)c2c(Cl)cccc21. The summed E-state index contributed by atoms with van der Waals surface area (Å²) in [6.07, 6.45) is -0.368. The molecule has 0 aliphatic carbocycles. The summed E-state index contributed by atoms with van der Waals surface area (Å²) in [6.45, 7) is 6.26. The van der Waals surface area contributed by atoms with E-state index in [1.54, 1.807) is 4.90 Å². The Morgan fingerprint density at radius 3 is 2.70 bits per heavy atom. The monoisotopic (exact) mass is 336 g/mol. The van der Waals surface area contributed by atoms with E-state index >= 15 is 0 Å². The lowest BCUT2D eigenvalue weighted by atomic mass is 9.87. The van der Waals surface area contributed by atoms with Crippen molar-refractivity contribution >= 4 is 29.1 Å². The van der Waals surface area contributed by atoms with Gasteiger partial charge < -0.3 is 14.9 Å². The number of fused-ring (bicyclic) bond motifs is 1. The largest absolute Gasteiger partial charge is 0.391 e. The number of β-amino-alcohol motifs (C(OH)–C–C–N with tert-alkyl or cyclic N) is 1. The number of hydrogen-bond donors (Lipinski definition) is 1. The molecule has 0 radical (unpaired) electrons. The van der Waals surface area contributed by atoms with Crippen LogP contribution in [0.1, 0.15) is 32.8 Å². The Balaban J connectivity index is 1.96. The third kappa shape index (κ3) is 2.62. The van der Waals surface area contributed by atoms with Crippen molar-refractivity contribution in [2.75, 3.05) is 18.0 Å². The minimum absolute atomic E-state index is 0.147. The zero-order chi connectivity index (χ0) is 16.9. The van der Waals surface area contributed by atoms with Crippen molar-refractivity contribution in [3.8, 4) is 0 Å². The van der Waals surface area contributed by atoms with Gasteiger partial charge in [-0.3, -0.25) is 9.59 Å². The quantitative estimate of drug-likeness (QED) is 0.852. The molecule has 1 saturated heterocycles. The van der Waals surface area contributed by atoms with E-state index in [-0.39, 0.29) is 30.2 Å². The van der Waals surface area contributed by atoms with Gasteiger partial charge in [0.25, 0.3) is 0 Å². The van der Waals surface area contributed by atoms with E-state index in [1.165, 1.54) is 11.8 Å². The number of amides is 2. The fourth-order valence-electron chi connectivity index (χ4n) is 3.74. The van der Waals surface area contributed by atoms with Gasteiger partial charge in [0.15, 0.2) is 0 Å². The minimum Gasteiger partial charge on any atom is -0.391 e. The van der Waals surface area contributed by atoms with Crippen molar-refractivity contribution in [3.63, 3.8) is 0 Å². The molecule has 1 N–H and O–H groups in total. The lowest BCUT2D eigenvalue weighted by molar-refractivity contribution is -0.135. The molecule has 1 fully saturated rings. The van der Waals surface area contributed by atoms with Crippen LogP contribution in [0.15, 0.2) is 18.2 Å². The molecule has 1 aromatic carbocycles. The van der Waals surface area contributed by atoms with Crippen molar-refractivity contribution in [1.29, 1.82) is 0 Å². The Labute approximate surface area is 140 Å². The Morgan fingerprint density at radius 1 is 1.35 bits per heavy atom. The highest BCUT2D eigenvalue weighted by Gasteiger charge is 2.45. The first kappa shape index (κ1) is 16.3. The molecular weight excluding hydrogens is 316 g/mol. The van der Waals surface area contributed by atoms with Crippen molar-refractivity contribution < 1.29 is 14.7 Å². The van der Waals surface area contributed by atoms with Gasteiger partial charge in [-0.05, 0) is 12.1 Å². The molecule has 2 atom stereocenters. The summed E-state index contributed by atoms with van der Waals surface area (Å²) in [5.74, 6) is -0.337. The Kier molecular flexibility index (Phi) is 3.89. The number of likely N-dealkylation sites (tertiary alicyclic amines) is 1. The summed E-state index contributed by atoms with van der Waals surface area (Å²) in [7, 11) is 0. The Hall–Kier alpha value is -1.59. The molecule has 2 aliphatic rings. The van der Waals surface area contributed by atoms with Crippen LogP contribution in [-0.2, 0) is 15.0 Å². The smallest absolute Gasteiger partial charge is 0.249 e. The van der Waals surface area contributed by atoms with Gasteiger partial charge in [0.05, 0.1) is 6.10 Å². The van der Waals surface area contributed by atoms with Crippen LogP contribution in [0.3, 0.4) is 0 Å². The molecule has 2 aliphatic heterocycles. The summed E-state index contributed by atoms with van der Waals surface area (Å²) in [4.78, 5) is 28.0. The van der Waals surface area contributed by atoms with Gasteiger partial charge >= 0.3 is 0 Å². The average Bonchev–Trinajstić information content (AvgIpc) is 2.97. The standard InChI is InChI=1S/C17H21ClN2O3/c1-10(21)19-8-11(22)7-14(19)16(23)20-9-17(2,3)15-12(18)5-4-6-13(15)20/h4-6,11,14,22H,7-9H2,1-3H3/t11-,14-/m1/s1. The summed E-state index contributed by atoms with van der Waals surface area (Å²) < 4.78 is 0. The number of carbonyl (C=O) groups excluding carboxylic acids is 2. The van der Waals surface area contributed by atoms with E-state index in [4.69, 9.17) is 11.6 Å². The van der Waals surface area contributed by atoms with Crippen LogP contribution in [0.5, 0.6) is 0 Å². The third-order valence-electron chi connectivity index (χ3n) is 4.75. The van der Waals surface area contributed by atoms with Gasteiger partial charge in [0.1, 0.15) is 6.04 Å². The first-order valence-electron chi connectivity index (χ1n) is 7.78. The highest BCUT2D eigenvalue weighted by atomic mass is 35.5. The molecule has 0 unspecified atom stereocenters. The maximum absolute atomic E-state index is 13.0. The van der Waals surface area contributed by atoms with Crippen molar-refractivity contribution in [2.45, 2.75) is 44.8 Å². The molecule has 23 heavy (non-hydrogen) atoms. The van der Waals surface area contributed by atoms with Crippen LogP contribution in [0.4, 0.5) is 5.69 Å². The van der Waals surface area contributed by atoms with E-state index in [0.717, 1.165) is 11.3 Å². The number of benzene rings is 1. The molecule has 2 amide bonds. The maximum atomic E-state index is 13.0. The highest BCUT2D eigenvalue weighted by Crippen LogP contribution is 2.45. The molecule has 5 nitrogen and oxygen atoms in total. The molecule has 0 spiro atoms. The molecule has 6 heteroatoms. The lowest BCUT2D eigenvalue weighted by Gasteiger charge is -2.28. The van der Waals surface area contributed by atoms with Gasteiger partial charge in [-0.1, -0.05) is 31.5 Å². The van der Waals surface area contributed by atoms with Crippen LogP contribution in [0.2, 0.25) is 5.02 Å². The molecular formula is C17H21ClN2O3. The predicted octanol–water partition coefficient (Wildman–Crippen LogP) is 1.95. The van der Waals surface area contributed by atoms with E-state index in [2.05, 4.69) is 13.8 Å². The summed E-state index contributed by atoms with van der Waals surface area (Å²) in [6, 6.07) is 4.94. The fraction of sp³-hybridized carbons (Fsp3) is 0.529. The molecule has 124 valence electrons. The van der Waals surface area contributed by atoms with E-state index in [9.17, 15) is 14.7 Å². The highest BCUT2D eigenvalue weighted by molar-refractivity contribution is 6.32. The number of carbonyl (C=O) groups is 2. The van der Waals surface area contributed by atoms with Crippen molar-refractivity contribution in [2.24, 2.45) is 0 Å². The number of nitrogens with zero attached hydrogens (tertiary/aromatic N) is 2. The molecule has 3 rings (SSSR count). The van der Waals surface area contributed by atoms with Gasteiger partial charge in [0.2, 0.25) is 11.8 Å². The van der Waals surface area contributed by atoms with Crippen LogP contribution >= 0.6 is 11.6 Å². The number of anilines is 1. The van der Waals surface area contributed by atoms with E-state index in [0.29, 0.717) is 11.6 Å². The normalized spacial score (nSPS) is 25.6. The van der Waals surface area contributed by atoms with Gasteiger partial charge in [-0.25, -0.2) is 0 Å². The topological polar surface area (TPSA) is 60.9 Å². The number of halogens is 1. The number of aliphatic hydroxyl groups excluding tert-OH is 1. The third-order valence-corrected chi connectivity index (χ3v) is 5.06. The molecule has 0 saturated carbocycles. The predicted molar refractivity (Wildman–Crippen MR) is 88.6 cm³/mol. The zero-order valence-electron chi connectivity index (χ0n) is 13.5. The first-order chi connectivity index (χ1) is 10.7. The van der Waals surface area contributed by atoms with Crippen LogP contribution < -0.4 is 4.90 Å². The van der Waals surface area contributed by atoms with Crippen LogP contribution in [0.25, 0.3) is 0 Å². The van der Waals surface area contributed by atoms with Gasteiger partial charge in [0, 0.05) is 48.1 Å². The summed E-state index contributed by atoms with van der Waals surface area (Å²) in [5.41, 5.74) is 1.52. The second-order valence-corrected chi connectivity index (χ2v) is 7.43. The van der Waals surface area contributed by atoms with E-state index in [1.807, 2.05) is 18.2 Å². The maximum Gasteiger partial charge on any atom is 0.249 e. The van der Waals surface area contributed by atoms with Crippen LogP contribution in [-0.4, -0.2) is 47.1 Å². The molecule has 0 aromatic heterocycles. The average molecular weight is 337 g/mol. The van der Waals surface area contributed by atoms with Gasteiger partial charge in [-0.15, -0.1) is 0 Å². The molecule has 1 aromatic rings. The molecule has 0 bridgehead atoms. The first-order valence-corrected chi connectivity index (χ1v) is 8.16. The summed E-state index contributed by atoms with van der Waals surface area (Å²) in [5, 5.41) is 10.5. The number of hydrogen-bond acceptors (Lipinski definition) is 3. The lowest BCUT2D eigenvalue weighted by Crippen LogP contribution is -2.47. The number of aliphatic hydroxyl groups is 1. The van der Waals surface area contributed by atoms with Crippen molar-refractivity contribution in [3.05, 3.63) is 28.8 Å². The second-order valence-electron chi connectivity index (χ2n) is 7.02. The Morgan fingerprint density at radius 2 is 2.04 bits per heavy atom. The number of rotatable bonds is 1. The molecule has 2 heterocycles. The fourth-order valence-corrected chi connectivity index (χ4v) is 4.16. The van der Waals surface area contributed by atoms with Crippen molar-refractivity contribution in [1.82, 2.24) is 4.90 Å². The Bertz CT molecular complexity index is 674.